The van der Waals surface area contributed by atoms with Crippen LogP contribution in [0, 0.1) is 6.92 Å². The van der Waals surface area contributed by atoms with E-state index in [0.29, 0.717) is 38.0 Å². The first-order valence-corrected chi connectivity index (χ1v) is 10.7. The van der Waals surface area contributed by atoms with Gasteiger partial charge in [-0.25, -0.2) is 0 Å². The van der Waals surface area contributed by atoms with Crippen LogP contribution in [-0.4, -0.2) is 45.2 Å². The van der Waals surface area contributed by atoms with Gasteiger partial charge in [0.15, 0.2) is 23.2 Å². The Morgan fingerprint density at radius 1 is 1.09 bits per heavy atom. The highest BCUT2D eigenvalue weighted by atomic mass is 127. The van der Waals surface area contributed by atoms with Crippen LogP contribution >= 0.6 is 24.0 Å². The normalized spacial score (nSPS) is 11.8. The van der Waals surface area contributed by atoms with Crippen molar-refractivity contribution in [1.29, 1.82) is 0 Å². The lowest BCUT2D eigenvalue weighted by Crippen LogP contribution is -2.40. The van der Waals surface area contributed by atoms with Gasteiger partial charge in [-0.2, -0.15) is 0 Å². The Bertz CT molecular complexity index is 869. The van der Waals surface area contributed by atoms with Crippen LogP contribution in [0.3, 0.4) is 0 Å². The number of hydrogen-bond acceptors (Lipinski definition) is 5. The summed E-state index contributed by atoms with van der Waals surface area (Å²) in [6.45, 7) is 10.2. The van der Waals surface area contributed by atoms with E-state index < -0.39 is 0 Å². The average molecular weight is 558 g/mol. The van der Waals surface area contributed by atoms with Gasteiger partial charge in [-0.3, -0.25) is 9.79 Å². The highest BCUT2D eigenvalue weighted by molar-refractivity contribution is 14.0. The smallest absolute Gasteiger partial charge is 0.287 e. The van der Waals surface area contributed by atoms with Gasteiger partial charge < -0.3 is 29.8 Å². The van der Waals surface area contributed by atoms with Gasteiger partial charge in [0.05, 0.1) is 25.5 Å². The minimum Gasteiger partial charge on any atom is -0.490 e. The van der Waals surface area contributed by atoms with E-state index in [4.69, 9.17) is 13.9 Å². The molecule has 1 aromatic heterocycles. The van der Waals surface area contributed by atoms with Crippen LogP contribution in [0.15, 0.2) is 39.9 Å². The maximum Gasteiger partial charge on any atom is 0.287 e. The fourth-order valence-electron chi connectivity index (χ4n) is 3.00. The zero-order valence-corrected chi connectivity index (χ0v) is 21.8. The molecule has 32 heavy (non-hydrogen) atoms. The first kappa shape index (κ1) is 27.6. The summed E-state index contributed by atoms with van der Waals surface area (Å²) in [6.07, 6.45) is 2.27. The van der Waals surface area contributed by atoms with E-state index in [1.807, 2.05) is 39.0 Å². The molecule has 0 aliphatic heterocycles. The van der Waals surface area contributed by atoms with Crippen molar-refractivity contribution in [2.24, 2.45) is 4.99 Å². The van der Waals surface area contributed by atoms with E-state index in [2.05, 4.69) is 27.9 Å². The first-order valence-electron chi connectivity index (χ1n) is 10.7. The van der Waals surface area contributed by atoms with E-state index in [0.717, 1.165) is 29.0 Å². The summed E-state index contributed by atoms with van der Waals surface area (Å²) in [5.41, 5.74) is 1.90. The summed E-state index contributed by atoms with van der Waals surface area (Å²) >= 11 is 0. The Labute approximate surface area is 207 Å². The van der Waals surface area contributed by atoms with Gasteiger partial charge in [0, 0.05) is 25.7 Å². The van der Waals surface area contributed by atoms with Crippen LogP contribution in [0.25, 0.3) is 0 Å². The molecule has 0 bridgehead atoms. The van der Waals surface area contributed by atoms with Crippen molar-refractivity contribution in [3.05, 3.63) is 47.4 Å². The highest BCUT2D eigenvalue weighted by Gasteiger charge is 2.13. The Kier molecular flexibility index (Phi) is 12.6. The number of furan rings is 1. The SMILES string of the molecule is CCOc1ccc(C(C)NC(=NC)NCCCNC(=O)c2occc2C)cc1OCC.I. The van der Waals surface area contributed by atoms with Crippen LogP contribution in [0.5, 0.6) is 11.5 Å². The number of carbonyl (C=O) groups is 1. The fraction of sp³-hybridized carbons (Fsp3) is 0.478. The fourth-order valence-corrected chi connectivity index (χ4v) is 3.00. The van der Waals surface area contributed by atoms with Crippen molar-refractivity contribution in [1.82, 2.24) is 16.0 Å². The molecule has 1 aromatic carbocycles. The van der Waals surface area contributed by atoms with Crippen LogP contribution in [0.2, 0.25) is 0 Å². The van der Waals surface area contributed by atoms with Crippen molar-refractivity contribution in [3.63, 3.8) is 0 Å². The third-order valence-electron chi connectivity index (χ3n) is 4.64. The zero-order chi connectivity index (χ0) is 22.6. The van der Waals surface area contributed by atoms with Gasteiger partial charge in [0.1, 0.15) is 0 Å². The summed E-state index contributed by atoms with van der Waals surface area (Å²) in [5, 5.41) is 9.50. The van der Waals surface area contributed by atoms with Crippen molar-refractivity contribution in [2.45, 2.75) is 40.2 Å². The minimum absolute atomic E-state index is 0. The number of amides is 1. The molecule has 0 saturated carbocycles. The largest absolute Gasteiger partial charge is 0.490 e. The lowest BCUT2D eigenvalue weighted by Gasteiger charge is -2.20. The van der Waals surface area contributed by atoms with E-state index in [9.17, 15) is 4.79 Å². The van der Waals surface area contributed by atoms with Crippen molar-refractivity contribution in [3.8, 4) is 11.5 Å². The van der Waals surface area contributed by atoms with Crippen LogP contribution in [0.1, 0.15) is 54.9 Å². The molecule has 0 fully saturated rings. The van der Waals surface area contributed by atoms with E-state index in [1.165, 1.54) is 6.26 Å². The average Bonchev–Trinajstić information content (AvgIpc) is 3.19. The molecule has 1 amide bonds. The van der Waals surface area contributed by atoms with Crippen molar-refractivity contribution in [2.75, 3.05) is 33.4 Å². The van der Waals surface area contributed by atoms with E-state index in [-0.39, 0.29) is 35.9 Å². The molecule has 1 unspecified atom stereocenters. The second kappa shape index (κ2) is 14.6. The van der Waals surface area contributed by atoms with Crippen LogP contribution in [0.4, 0.5) is 0 Å². The number of ether oxygens (including phenoxy) is 2. The summed E-state index contributed by atoms with van der Waals surface area (Å²) < 4.78 is 16.5. The number of hydrogen-bond donors (Lipinski definition) is 3. The summed E-state index contributed by atoms with van der Waals surface area (Å²) in [4.78, 5) is 16.3. The Morgan fingerprint density at radius 2 is 1.78 bits per heavy atom. The number of guanidine groups is 1. The van der Waals surface area contributed by atoms with Crippen LogP contribution < -0.4 is 25.4 Å². The molecular weight excluding hydrogens is 523 g/mol. The monoisotopic (exact) mass is 558 g/mol. The predicted octanol–water partition coefficient (Wildman–Crippen LogP) is 4.05. The van der Waals surface area contributed by atoms with Gasteiger partial charge in [0.2, 0.25) is 0 Å². The van der Waals surface area contributed by atoms with Gasteiger partial charge in [-0.05, 0) is 57.9 Å². The van der Waals surface area contributed by atoms with Gasteiger partial charge in [-0.15, -0.1) is 24.0 Å². The molecule has 0 aliphatic carbocycles. The highest BCUT2D eigenvalue weighted by Crippen LogP contribution is 2.30. The quantitative estimate of drug-likeness (QED) is 0.167. The van der Waals surface area contributed by atoms with Gasteiger partial charge >= 0.3 is 0 Å². The maximum atomic E-state index is 12.0. The third kappa shape index (κ3) is 8.25. The second-order valence-electron chi connectivity index (χ2n) is 6.98. The molecule has 178 valence electrons. The molecule has 2 aromatic rings. The molecule has 2 rings (SSSR count). The lowest BCUT2D eigenvalue weighted by atomic mass is 10.1. The second-order valence-corrected chi connectivity index (χ2v) is 6.98. The molecule has 1 heterocycles. The van der Waals surface area contributed by atoms with Crippen molar-refractivity contribution >= 4 is 35.8 Å². The molecule has 0 aliphatic rings. The number of halogens is 1. The Morgan fingerprint density at radius 3 is 2.41 bits per heavy atom. The summed E-state index contributed by atoms with van der Waals surface area (Å²) in [5.74, 6) is 2.34. The van der Waals surface area contributed by atoms with Gasteiger partial charge in [0.25, 0.3) is 5.91 Å². The Hall–Kier alpha value is -2.43. The number of rotatable bonds is 11. The number of nitrogens with zero attached hydrogens (tertiary/aromatic N) is 1. The molecular formula is C23H35IN4O4. The molecule has 0 spiro atoms. The Balaban J connectivity index is 0.00000512. The van der Waals surface area contributed by atoms with E-state index >= 15 is 0 Å². The van der Waals surface area contributed by atoms with Crippen molar-refractivity contribution < 1.29 is 18.7 Å². The number of benzene rings is 1. The number of carbonyl (C=O) groups excluding carboxylic acids is 1. The molecule has 8 nitrogen and oxygen atoms in total. The minimum atomic E-state index is -0.195. The summed E-state index contributed by atoms with van der Waals surface area (Å²) in [6, 6.07) is 7.73. The van der Waals surface area contributed by atoms with E-state index in [1.54, 1.807) is 13.1 Å². The maximum absolute atomic E-state index is 12.0. The molecule has 1 atom stereocenters. The first-order chi connectivity index (χ1) is 15.0. The standard InChI is InChI=1S/C23H34N4O4.HI/c1-6-29-19-10-9-18(15-20(19)30-7-2)17(4)27-23(24-5)26-13-8-12-25-22(28)21-16(3)11-14-31-21;/h9-11,14-15,17H,6-8,12-13H2,1-5H3,(H,25,28)(H2,24,26,27);1H. The topological polar surface area (TPSA) is 97.1 Å². The third-order valence-corrected chi connectivity index (χ3v) is 4.64. The molecule has 9 heteroatoms. The molecule has 3 N–H and O–H groups in total. The molecule has 0 saturated heterocycles. The zero-order valence-electron chi connectivity index (χ0n) is 19.5. The number of aryl methyl sites for hydroxylation is 1. The predicted molar refractivity (Wildman–Crippen MR) is 138 cm³/mol. The summed E-state index contributed by atoms with van der Waals surface area (Å²) in [7, 11) is 1.73. The number of aliphatic imine (C=N–C) groups is 1. The van der Waals surface area contributed by atoms with Crippen LogP contribution in [-0.2, 0) is 0 Å². The van der Waals surface area contributed by atoms with Gasteiger partial charge in [-0.1, -0.05) is 6.07 Å². The molecule has 0 radical (unpaired) electrons. The number of nitrogens with one attached hydrogen (secondary N) is 3. The lowest BCUT2D eigenvalue weighted by molar-refractivity contribution is 0.0925.